The zero-order valence-electron chi connectivity index (χ0n) is 11.2. The molecule has 1 fully saturated rings. The van der Waals surface area contributed by atoms with Crippen LogP contribution in [0.15, 0.2) is 0 Å². The zero-order chi connectivity index (χ0) is 12.7. The van der Waals surface area contributed by atoms with Gasteiger partial charge in [-0.3, -0.25) is 4.79 Å². The van der Waals surface area contributed by atoms with Gasteiger partial charge in [0.15, 0.2) is 0 Å². The maximum absolute atomic E-state index is 11.1. The van der Waals surface area contributed by atoms with Crippen molar-refractivity contribution in [2.45, 2.75) is 64.8 Å². The van der Waals surface area contributed by atoms with Crippen LogP contribution in [0.25, 0.3) is 0 Å². The van der Waals surface area contributed by atoms with Gasteiger partial charge in [0.1, 0.15) is 0 Å². The Labute approximate surface area is 105 Å². The van der Waals surface area contributed by atoms with Crippen molar-refractivity contribution in [1.29, 1.82) is 0 Å². The standard InChI is InChI=1S/C14H27NO2/c1-3-5-8-12(4-2)15-10-11-7-6-9-13(11)14(16)17/h11-13,15H,3-10H2,1-2H3,(H,16,17). The van der Waals surface area contributed by atoms with Crippen LogP contribution in [0, 0.1) is 11.8 Å². The highest BCUT2D eigenvalue weighted by atomic mass is 16.4. The molecule has 3 atom stereocenters. The molecule has 0 heterocycles. The van der Waals surface area contributed by atoms with Crippen molar-refractivity contribution < 1.29 is 9.90 Å². The molecule has 1 aliphatic carbocycles. The number of nitrogens with one attached hydrogen (secondary N) is 1. The molecule has 17 heavy (non-hydrogen) atoms. The number of rotatable bonds is 8. The van der Waals surface area contributed by atoms with E-state index >= 15 is 0 Å². The first-order chi connectivity index (χ1) is 8.19. The molecule has 3 unspecified atom stereocenters. The highest BCUT2D eigenvalue weighted by Crippen LogP contribution is 2.31. The number of hydrogen-bond acceptors (Lipinski definition) is 2. The molecule has 0 radical (unpaired) electrons. The van der Waals surface area contributed by atoms with Crippen molar-refractivity contribution >= 4 is 5.97 Å². The molecule has 0 aliphatic heterocycles. The van der Waals surface area contributed by atoms with Gasteiger partial charge in [-0.1, -0.05) is 33.1 Å². The molecule has 0 aromatic heterocycles. The number of hydrogen-bond donors (Lipinski definition) is 2. The summed E-state index contributed by atoms with van der Waals surface area (Å²) < 4.78 is 0. The maximum Gasteiger partial charge on any atom is 0.306 e. The van der Waals surface area contributed by atoms with E-state index in [0.29, 0.717) is 12.0 Å². The molecule has 3 nitrogen and oxygen atoms in total. The molecular formula is C14H27NO2. The summed E-state index contributed by atoms with van der Waals surface area (Å²) in [5.74, 6) is -0.356. The number of carboxylic acids is 1. The Morgan fingerprint density at radius 3 is 2.76 bits per heavy atom. The van der Waals surface area contributed by atoms with E-state index < -0.39 is 5.97 Å². The van der Waals surface area contributed by atoms with Crippen LogP contribution in [-0.4, -0.2) is 23.7 Å². The molecule has 100 valence electrons. The molecule has 0 saturated heterocycles. The highest BCUT2D eigenvalue weighted by Gasteiger charge is 2.32. The van der Waals surface area contributed by atoms with Crippen LogP contribution in [0.3, 0.4) is 0 Å². The zero-order valence-corrected chi connectivity index (χ0v) is 11.2. The minimum absolute atomic E-state index is 0.105. The number of carboxylic acid groups (broad SMARTS) is 1. The predicted octanol–water partition coefficient (Wildman–Crippen LogP) is 3.05. The van der Waals surface area contributed by atoms with Crippen LogP contribution in [0.5, 0.6) is 0 Å². The second-order valence-corrected chi connectivity index (χ2v) is 5.29. The second-order valence-electron chi connectivity index (χ2n) is 5.29. The molecule has 2 N–H and O–H groups in total. The van der Waals surface area contributed by atoms with Crippen LogP contribution in [-0.2, 0) is 4.79 Å². The monoisotopic (exact) mass is 241 g/mol. The first-order valence-electron chi connectivity index (χ1n) is 7.15. The minimum Gasteiger partial charge on any atom is -0.481 e. The third-order valence-corrected chi connectivity index (χ3v) is 4.04. The van der Waals surface area contributed by atoms with Gasteiger partial charge in [-0.2, -0.15) is 0 Å². The van der Waals surface area contributed by atoms with Gasteiger partial charge in [0.2, 0.25) is 0 Å². The molecule has 0 spiro atoms. The highest BCUT2D eigenvalue weighted by molar-refractivity contribution is 5.70. The fourth-order valence-electron chi connectivity index (χ4n) is 2.83. The van der Waals surface area contributed by atoms with Crippen molar-refractivity contribution in [3.63, 3.8) is 0 Å². The maximum atomic E-state index is 11.1. The van der Waals surface area contributed by atoms with E-state index in [1.165, 1.54) is 19.3 Å². The van der Waals surface area contributed by atoms with Gasteiger partial charge in [-0.25, -0.2) is 0 Å². The normalized spacial score (nSPS) is 26.0. The summed E-state index contributed by atoms with van der Waals surface area (Å²) in [6, 6.07) is 0.574. The summed E-state index contributed by atoms with van der Waals surface area (Å²) in [5, 5.41) is 12.7. The first kappa shape index (κ1) is 14.5. The smallest absolute Gasteiger partial charge is 0.306 e. The summed E-state index contributed by atoms with van der Waals surface area (Å²) in [5.41, 5.74) is 0. The van der Waals surface area contributed by atoms with Gasteiger partial charge >= 0.3 is 5.97 Å². The van der Waals surface area contributed by atoms with E-state index in [1.807, 2.05) is 0 Å². The lowest BCUT2D eigenvalue weighted by Crippen LogP contribution is -2.35. The van der Waals surface area contributed by atoms with E-state index in [9.17, 15) is 4.79 Å². The van der Waals surface area contributed by atoms with Crippen molar-refractivity contribution in [1.82, 2.24) is 5.32 Å². The Kier molecular flexibility index (Phi) is 6.56. The van der Waals surface area contributed by atoms with Crippen LogP contribution in [0.4, 0.5) is 0 Å². The average Bonchev–Trinajstić information content (AvgIpc) is 2.78. The fraction of sp³-hybridized carbons (Fsp3) is 0.929. The first-order valence-corrected chi connectivity index (χ1v) is 7.15. The van der Waals surface area contributed by atoms with Crippen LogP contribution in [0.1, 0.15) is 58.8 Å². The SMILES string of the molecule is CCCCC(CC)NCC1CCCC1C(=O)O. The molecule has 0 aromatic carbocycles. The Morgan fingerprint density at radius 1 is 1.41 bits per heavy atom. The molecule has 1 saturated carbocycles. The molecule has 0 bridgehead atoms. The largest absolute Gasteiger partial charge is 0.481 e. The average molecular weight is 241 g/mol. The molecule has 3 heteroatoms. The summed E-state index contributed by atoms with van der Waals surface area (Å²) in [4.78, 5) is 11.1. The van der Waals surface area contributed by atoms with Crippen molar-refractivity contribution in [3.05, 3.63) is 0 Å². The predicted molar refractivity (Wildman–Crippen MR) is 70.1 cm³/mol. The number of aliphatic carboxylic acids is 1. The third kappa shape index (κ3) is 4.66. The summed E-state index contributed by atoms with van der Waals surface area (Å²) in [6.45, 7) is 5.31. The lowest BCUT2D eigenvalue weighted by atomic mass is 9.95. The molecule has 1 rings (SSSR count). The fourth-order valence-corrected chi connectivity index (χ4v) is 2.83. The molecule has 0 amide bonds. The Hall–Kier alpha value is -0.570. The third-order valence-electron chi connectivity index (χ3n) is 4.04. The van der Waals surface area contributed by atoms with Gasteiger partial charge in [0.05, 0.1) is 5.92 Å². The second kappa shape index (κ2) is 7.70. The van der Waals surface area contributed by atoms with Gasteiger partial charge in [0, 0.05) is 6.04 Å². The van der Waals surface area contributed by atoms with Gasteiger partial charge < -0.3 is 10.4 Å². The van der Waals surface area contributed by atoms with Gasteiger partial charge in [0.25, 0.3) is 0 Å². The molecule has 0 aromatic rings. The van der Waals surface area contributed by atoms with E-state index in [0.717, 1.165) is 32.2 Å². The van der Waals surface area contributed by atoms with Crippen LogP contribution in [0.2, 0.25) is 0 Å². The van der Waals surface area contributed by atoms with Crippen LogP contribution < -0.4 is 5.32 Å². The quantitative estimate of drug-likeness (QED) is 0.686. The van der Waals surface area contributed by atoms with Crippen LogP contribution >= 0.6 is 0 Å². The van der Waals surface area contributed by atoms with E-state index in [-0.39, 0.29) is 5.92 Å². The summed E-state index contributed by atoms with van der Waals surface area (Å²) in [7, 11) is 0. The molecule has 1 aliphatic rings. The van der Waals surface area contributed by atoms with Gasteiger partial charge in [-0.05, 0) is 38.1 Å². The van der Waals surface area contributed by atoms with E-state index in [2.05, 4.69) is 19.2 Å². The van der Waals surface area contributed by atoms with E-state index in [1.54, 1.807) is 0 Å². The lowest BCUT2D eigenvalue weighted by molar-refractivity contribution is -0.142. The summed E-state index contributed by atoms with van der Waals surface area (Å²) in [6.07, 6.45) is 7.89. The van der Waals surface area contributed by atoms with Crippen molar-refractivity contribution in [2.75, 3.05) is 6.54 Å². The number of carbonyl (C=O) groups is 1. The minimum atomic E-state index is -0.601. The Bertz CT molecular complexity index is 230. The topological polar surface area (TPSA) is 49.3 Å². The van der Waals surface area contributed by atoms with Crippen molar-refractivity contribution in [2.24, 2.45) is 11.8 Å². The Balaban J connectivity index is 2.30. The van der Waals surface area contributed by atoms with Crippen molar-refractivity contribution in [3.8, 4) is 0 Å². The number of unbranched alkanes of at least 4 members (excludes halogenated alkanes) is 1. The van der Waals surface area contributed by atoms with Gasteiger partial charge in [-0.15, -0.1) is 0 Å². The van der Waals surface area contributed by atoms with E-state index in [4.69, 9.17) is 5.11 Å². The lowest BCUT2D eigenvalue weighted by Gasteiger charge is -2.21. The molecular weight excluding hydrogens is 214 g/mol. The summed E-state index contributed by atoms with van der Waals surface area (Å²) >= 11 is 0. The Morgan fingerprint density at radius 2 is 2.18 bits per heavy atom.